The van der Waals surface area contributed by atoms with Crippen LogP contribution in [0.2, 0.25) is 0 Å². The van der Waals surface area contributed by atoms with Crippen LogP contribution in [0.3, 0.4) is 0 Å². The van der Waals surface area contributed by atoms with E-state index >= 15 is 0 Å². The van der Waals surface area contributed by atoms with Gasteiger partial charge in [-0.2, -0.15) is 0 Å². The summed E-state index contributed by atoms with van der Waals surface area (Å²) in [6.45, 7) is 10.4. The summed E-state index contributed by atoms with van der Waals surface area (Å²) < 4.78 is 0. The van der Waals surface area contributed by atoms with E-state index in [-0.39, 0.29) is 5.54 Å². The van der Waals surface area contributed by atoms with Crippen molar-refractivity contribution in [3.63, 3.8) is 0 Å². The molecule has 1 aliphatic rings. The molecule has 1 N–H and O–H groups in total. The minimum absolute atomic E-state index is 0.126. The topological polar surface area (TPSA) is 23.5 Å². The van der Waals surface area contributed by atoms with Crippen molar-refractivity contribution >= 4 is 5.69 Å². The van der Waals surface area contributed by atoms with Gasteiger partial charge in [0.25, 0.3) is 0 Å². The lowest BCUT2D eigenvalue weighted by molar-refractivity contribution is 0.176. The van der Waals surface area contributed by atoms with Crippen molar-refractivity contribution in [1.82, 2.24) is 0 Å². The fraction of sp³-hybridized carbons (Fsp3) is 0.647. The number of piperidine rings is 1. The lowest BCUT2D eigenvalue weighted by atomic mass is 9.77. The second kappa shape index (κ2) is 5.54. The Balaban J connectivity index is 2.31. The zero-order valence-electron chi connectivity index (χ0n) is 12.7. The van der Waals surface area contributed by atoms with E-state index in [4.69, 9.17) is 0 Å². The summed E-state index contributed by atoms with van der Waals surface area (Å²) in [5.41, 5.74) is 4.12. The lowest BCUT2D eigenvalue weighted by Gasteiger charge is -2.49. The van der Waals surface area contributed by atoms with Gasteiger partial charge in [-0.25, -0.2) is 0 Å². The minimum Gasteiger partial charge on any atom is -0.396 e. The maximum absolute atomic E-state index is 9.28. The van der Waals surface area contributed by atoms with Crippen molar-refractivity contribution in [1.29, 1.82) is 0 Å². The fourth-order valence-corrected chi connectivity index (χ4v) is 3.58. The van der Waals surface area contributed by atoms with Crippen LogP contribution < -0.4 is 4.90 Å². The molecule has 0 spiro atoms. The predicted molar refractivity (Wildman–Crippen MR) is 81.8 cm³/mol. The number of aliphatic hydroxyl groups is 1. The molecule has 1 aliphatic heterocycles. The molecular formula is C17H27NO. The molecule has 0 amide bonds. The first kappa shape index (κ1) is 14.4. The number of rotatable bonds is 3. The van der Waals surface area contributed by atoms with E-state index in [1.165, 1.54) is 29.7 Å². The highest BCUT2D eigenvalue weighted by Crippen LogP contribution is 2.38. The van der Waals surface area contributed by atoms with Gasteiger partial charge in [0.15, 0.2) is 0 Å². The molecule has 2 rings (SSSR count). The van der Waals surface area contributed by atoms with E-state index in [2.05, 4.69) is 50.8 Å². The normalized spacial score (nSPS) is 22.6. The van der Waals surface area contributed by atoms with Gasteiger partial charge in [0.1, 0.15) is 0 Å². The molecule has 106 valence electrons. The van der Waals surface area contributed by atoms with Gasteiger partial charge in [-0.1, -0.05) is 6.07 Å². The van der Waals surface area contributed by atoms with Gasteiger partial charge >= 0.3 is 0 Å². The van der Waals surface area contributed by atoms with Crippen LogP contribution in [0.1, 0.15) is 44.2 Å². The number of hydrogen-bond donors (Lipinski definition) is 1. The molecule has 0 aromatic heterocycles. The number of anilines is 1. The second-order valence-electron chi connectivity index (χ2n) is 6.50. The number of hydrogen-bond acceptors (Lipinski definition) is 2. The van der Waals surface area contributed by atoms with Crippen LogP contribution in [0.5, 0.6) is 0 Å². The Morgan fingerprint density at radius 3 is 2.42 bits per heavy atom. The van der Waals surface area contributed by atoms with E-state index < -0.39 is 0 Å². The van der Waals surface area contributed by atoms with E-state index in [0.29, 0.717) is 12.5 Å². The van der Waals surface area contributed by atoms with Crippen molar-refractivity contribution in [2.45, 2.75) is 52.5 Å². The molecule has 1 atom stereocenters. The third-order valence-corrected chi connectivity index (χ3v) is 4.62. The molecule has 0 saturated carbocycles. The molecule has 1 unspecified atom stereocenters. The molecule has 0 radical (unpaired) electrons. The fourth-order valence-electron chi connectivity index (χ4n) is 3.58. The Bertz CT molecular complexity index is 417. The molecule has 0 aliphatic carbocycles. The quantitative estimate of drug-likeness (QED) is 0.897. The largest absolute Gasteiger partial charge is 0.396 e. The van der Waals surface area contributed by atoms with E-state index in [9.17, 15) is 5.11 Å². The highest BCUT2D eigenvalue weighted by Gasteiger charge is 2.38. The summed E-state index contributed by atoms with van der Waals surface area (Å²) in [6.07, 6.45) is 3.37. The Morgan fingerprint density at radius 1 is 1.21 bits per heavy atom. The molecule has 1 heterocycles. The first-order valence-electron chi connectivity index (χ1n) is 7.42. The summed E-state index contributed by atoms with van der Waals surface area (Å²) >= 11 is 0. The predicted octanol–water partition coefficient (Wildman–Crippen LogP) is 3.68. The van der Waals surface area contributed by atoms with Crippen LogP contribution in [0.25, 0.3) is 0 Å². The monoisotopic (exact) mass is 261 g/mol. The summed E-state index contributed by atoms with van der Waals surface area (Å²) in [4.78, 5) is 2.54. The van der Waals surface area contributed by atoms with Crippen molar-refractivity contribution in [2.75, 3.05) is 18.1 Å². The molecule has 2 heteroatoms. The minimum atomic E-state index is 0.126. The van der Waals surface area contributed by atoms with Crippen molar-refractivity contribution in [3.05, 3.63) is 29.3 Å². The van der Waals surface area contributed by atoms with Crippen LogP contribution >= 0.6 is 0 Å². The van der Waals surface area contributed by atoms with E-state index in [1.807, 2.05) is 0 Å². The summed E-state index contributed by atoms with van der Waals surface area (Å²) in [7, 11) is 0. The molecule has 1 aromatic rings. The van der Waals surface area contributed by atoms with Crippen LogP contribution in [0.15, 0.2) is 18.2 Å². The Labute approximate surface area is 117 Å². The standard InChI is InChI=1S/C17H27NO/c1-13-10-14(2)12-16(11-13)18-8-5-6-15(7-9-19)17(18,3)4/h10-12,15,19H,5-9H2,1-4H3. The highest BCUT2D eigenvalue weighted by atomic mass is 16.3. The number of aliphatic hydroxyl groups excluding tert-OH is 1. The first-order chi connectivity index (χ1) is 8.95. The number of aryl methyl sites for hydroxylation is 2. The van der Waals surface area contributed by atoms with Crippen LogP contribution in [0.4, 0.5) is 5.69 Å². The van der Waals surface area contributed by atoms with Crippen molar-refractivity contribution < 1.29 is 5.11 Å². The average molecular weight is 261 g/mol. The van der Waals surface area contributed by atoms with Gasteiger partial charge in [0.2, 0.25) is 0 Å². The smallest absolute Gasteiger partial charge is 0.0434 e. The molecular weight excluding hydrogens is 234 g/mol. The Kier molecular flexibility index (Phi) is 4.19. The maximum Gasteiger partial charge on any atom is 0.0434 e. The van der Waals surface area contributed by atoms with Crippen LogP contribution in [-0.4, -0.2) is 23.8 Å². The summed E-state index contributed by atoms with van der Waals surface area (Å²) in [5, 5.41) is 9.28. The molecule has 1 fully saturated rings. The van der Waals surface area contributed by atoms with Gasteiger partial charge in [0, 0.05) is 24.4 Å². The van der Waals surface area contributed by atoms with Gasteiger partial charge in [-0.3, -0.25) is 0 Å². The average Bonchev–Trinajstić information content (AvgIpc) is 2.30. The highest BCUT2D eigenvalue weighted by molar-refractivity contribution is 5.53. The molecule has 0 bridgehead atoms. The van der Waals surface area contributed by atoms with Gasteiger partial charge in [-0.05, 0) is 76.1 Å². The third kappa shape index (κ3) is 2.94. The number of nitrogens with zero attached hydrogens (tertiary/aromatic N) is 1. The molecule has 2 nitrogen and oxygen atoms in total. The van der Waals surface area contributed by atoms with Crippen molar-refractivity contribution in [3.8, 4) is 0 Å². The van der Waals surface area contributed by atoms with Crippen LogP contribution in [0, 0.1) is 19.8 Å². The molecule has 19 heavy (non-hydrogen) atoms. The lowest BCUT2D eigenvalue weighted by Crippen LogP contribution is -2.53. The Morgan fingerprint density at radius 2 is 1.84 bits per heavy atom. The van der Waals surface area contributed by atoms with Gasteiger partial charge < -0.3 is 10.0 Å². The first-order valence-corrected chi connectivity index (χ1v) is 7.42. The number of benzene rings is 1. The Hall–Kier alpha value is -1.02. The molecule has 1 aromatic carbocycles. The second-order valence-corrected chi connectivity index (χ2v) is 6.50. The zero-order valence-corrected chi connectivity index (χ0v) is 12.7. The van der Waals surface area contributed by atoms with Crippen LogP contribution in [-0.2, 0) is 0 Å². The van der Waals surface area contributed by atoms with Gasteiger partial charge in [-0.15, -0.1) is 0 Å². The van der Waals surface area contributed by atoms with Crippen molar-refractivity contribution in [2.24, 2.45) is 5.92 Å². The van der Waals surface area contributed by atoms with E-state index in [1.54, 1.807) is 0 Å². The summed E-state index contributed by atoms with van der Waals surface area (Å²) in [6, 6.07) is 6.80. The zero-order chi connectivity index (χ0) is 14.0. The van der Waals surface area contributed by atoms with E-state index in [0.717, 1.165) is 13.0 Å². The SMILES string of the molecule is Cc1cc(C)cc(N2CCCC(CCO)C2(C)C)c1. The maximum atomic E-state index is 9.28. The third-order valence-electron chi connectivity index (χ3n) is 4.62. The van der Waals surface area contributed by atoms with Gasteiger partial charge in [0.05, 0.1) is 0 Å². The molecule has 1 saturated heterocycles. The summed E-state index contributed by atoms with van der Waals surface area (Å²) in [5.74, 6) is 0.576.